The van der Waals surface area contributed by atoms with E-state index in [9.17, 15) is 0 Å². The molecule has 512 valence electrons. The SMILES string of the molecule is c1ccc(-c2ccc(-n3c4ccccc4c4cc(-c5ccc6c(c5)c5c7c(ccc5n6-c5ccc6ccccc6c5)sc5ccccc57)ccc43)cc2)cc1.c1ccc(-c2ccc(-n3c4ccccc4c4cc(-c5ccc6c(c5)c5c7sc8ccccc8c7ccc5n6-c5ccc6ccccc6c5)ccc43)cc2)cc1. The predicted molar refractivity (Wildman–Crippen MR) is 473 cm³/mol. The molecule has 0 saturated heterocycles. The minimum atomic E-state index is 1.16. The number of fused-ring (bicyclic) bond motifs is 22. The van der Waals surface area contributed by atoms with Gasteiger partial charge >= 0.3 is 0 Å². The molecule has 4 nitrogen and oxygen atoms in total. The fourth-order valence-corrected chi connectivity index (χ4v) is 20.3. The zero-order valence-electron chi connectivity index (χ0n) is 59.6. The van der Waals surface area contributed by atoms with Crippen molar-refractivity contribution in [3.63, 3.8) is 0 Å². The number of hydrogen-bond donors (Lipinski definition) is 0. The smallest absolute Gasteiger partial charge is 0.0555 e. The van der Waals surface area contributed by atoms with E-state index in [0.717, 1.165) is 11.4 Å². The van der Waals surface area contributed by atoms with Crippen molar-refractivity contribution in [2.75, 3.05) is 0 Å². The molecule has 6 heterocycles. The second-order valence-electron chi connectivity index (χ2n) is 29.1. The first-order valence-corrected chi connectivity index (χ1v) is 39.3. The predicted octanol–water partition coefficient (Wildman–Crippen LogP) is 29.5. The molecule has 24 aromatic rings. The molecule has 110 heavy (non-hydrogen) atoms. The number of hydrogen-bond acceptors (Lipinski definition) is 2. The Bertz CT molecular complexity index is 7870. The highest BCUT2D eigenvalue weighted by molar-refractivity contribution is 7.27. The average molecular weight is 1430 g/mol. The Kier molecular flexibility index (Phi) is 14.1. The molecule has 0 atom stereocenters. The summed E-state index contributed by atoms with van der Waals surface area (Å²) in [5, 5.41) is 20.5. The van der Waals surface area contributed by atoms with Crippen molar-refractivity contribution in [3.05, 3.63) is 388 Å². The first kappa shape index (κ1) is 62.3. The second kappa shape index (κ2) is 24.9. The van der Waals surface area contributed by atoms with Crippen molar-refractivity contribution >= 4 is 172 Å². The van der Waals surface area contributed by atoms with E-state index in [1.807, 2.05) is 22.7 Å². The van der Waals surface area contributed by atoms with E-state index >= 15 is 0 Å². The van der Waals surface area contributed by atoms with Gasteiger partial charge in [-0.05, 0) is 206 Å². The molecule has 0 fully saturated rings. The van der Waals surface area contributed by atoms with E-state index in [1.54, 1.807) is 0 Å². The molecule has 0 bridgehead atoms. The number of rotatable bonds is 8. The molecule has 0 aliphatic heterocycles. The summed E-state index contributed by atoms with van der Waals surface area (Å²) in [5.74, 6) is 0. The fraction of sp³-hybridized carbons (Fsp3) is 0. The molecule has 6 heteroatoms. The summed E-state index contributed by atoms with van der Waals surface area (Å²) in [6.07, 6.45) is 0. The normalized spacial score (nSPS) is 12.0. The van der Waals surface area contributed by atoms with Gasteiger partial charge in [0.15, 0.2) is 0 Å². The molecule has 24 rings (SSSR count). The highest BCUT2D eigenvalue weighted by Crippen LogP contribution is 2.48. The monoisotopic (exact) mass is 1430 g/mol. The van der Waals surface area contributed by atoms with Crippen LogP contribution in [0.3, 0.4) is 0 Å². The zero-order valence-corrected chi connectivity index (χ0v) is 61.2. The second-order valence-corrected chi connectivity index (χ2v) is 31.2. The van der Waals surface area contributed by atoms with Gasteiger partial charge in [0.05, 0.1) is 44.1 Å². The Morgan fingerprint density at radius 1 is 0.155 bits per heavy atom. The molecule has 18 aromatic carbocycles. The van der Waals surface area contributed by atoms with Gasteiger partial charge in [0.1, 0.15) is 0 Å². The fourth-order valence-electron chi connectivity index (χ4n) is 17.9. The van der Waals surface area contributed by atoms with Crippen LogP contribution in [0.4, 0.5) is 0 Å². The summed E-state index contributed by atoms with van der Waals surface area (Å²) in [6, 6.07) is 143. The van der Waals surface area contributed by atoms with E-state index in [2.05, 4.69) is 407 Å². The van der Waals surface area contributed by atoms with Gasteiger partial charge in [0.2, 0.25) is 0 Å². The quantitative estimate of drug-likeness (QED) is 0.144. The maximum absolute atomic E-state index is 2.46. The number of benzene rings is 18. The summed E-state index contributed by atoms with van der Waals surface area (Å²) in [4.78, 5) is 0. The molecule has 0 aliphatic carbocycles. The summed E-state index contributed by atoms with van der Waals surface area (Å²) in [5.41, 5.74) is 24.2. The Hall–Kier alpha value is -13.9. The summed E-state index contributed by atoms with van der Waals surface area (Å²) < 4.78 is 15.1. The first-order chi connectivity index (χ1) is 54.5. The molecule has 0 radical (unpaired) electrons. The lowest BCUT2D eigenvalue weighted by molar-refractivity contribution is 1.18. The standard InChI is InChI=1S/2C52H32N2S/c1-2-10-33(11-3-1)35-18-23-39(24-19-35)53-46-16-8-6-14-41(46)44-31-37(21-27-47(44)53)38-22-28-48-45(32-38)51-49(29-26-43-42-15-7-9-17-50(42)55-52(43)51)54(48)40-25-20-34-12-4-5-13-36(34)30-40;1-2-10-33(11-3-1)35-18-23-39(24-19-35)53-45-16-8-6-14-41(45)43-31-37(21-26-46(43)53)38-22-27-47-44(32-38)51-48(28-29-50-52(51)42-15-7-9-17-49(42)55-50)54(47)40-25-20-34-12-4-5-13-36(34)30-40/h2*1-32H. The van der Waals surface area contributed by atoms with Crippen LogP contribution in [0.25, 0.3) is 216 Å². The van der Waals surface area contributed by atoms with E-state index < -0.39 is 0 Å². The topological polar surface area (TPSA) is 19.7 Å². The van der Waals surface area contributed by atoms with Crippen LogP contribution in [-0.4, -0.2) is 18.3 Å². The van der Waals surface area contributed by atoms with Gasteiger partial charge in [-0.2, -0.15) is 0 Å². The van der Waals surface area contributed by atoms with Crippen LogP contribution < -0.4 is 0 Å². The minimum Gasteiger partial charge on any atom is -0.309 e. The number of para-hydroxylation sites is 2. The van der Waals surface area contributed by atoms with E-state index in [4.69, 9.17) is 0 Å². The molecule has 0 spiro atoms. The van der Waals surface area contributed by atoms with Crippen molar-refractivity contribution < 1.29 is 0 Å². The first-order valence-electron chi connectivity index (χ1n) is 37.7. The Labute approximate surface area is 640 Å². The van der Waals surface area contributed by atoms with Crippen molar-refractivity contribution in [2.45, 2.75) is 0 Å². The Morgan fingerprint density at radius 3 is 1.02 bits per heavy atom. The average Bonchev–Trinajstić information content (AvgIpc) is 1.26. The maximum atomic E-state index is 2.46. The molecule has 6 aromatic heterocycles. The molecule has 0 N–H and O–H groups in total. The highest BCUT2D eigenvalue weighted by Gasteiger charge is 2.24. The molecule has 0 aliphatic rings. The zero-order chi connectivity index (χ0) is 72.1. The Morgan fingerprint density at radius 2 is 0.500 bits per heavy atom. The van der Waals surface area contributed by atoms with Gasteiger partial charge in [0, 0.05) is 106 Å². The van der Waals surface area contributed by atoms with Crippen LogP contribution in [0, 0.1) is 0 Å². The summed E-state index contributed by atoms with van der Waals surface area (Å²) in [6.45, 7) is 0. The third-order valence-electron chi connectivity index (χ3n) is 23.0. The van der Waals surface area contributed by atoms with E-state index in [-0.39, 0.29) is 0 Å². The summed E-state index contributed by atoms with van der Waals surface area (Å²) >= 11 is 3.79. The molecule has 0 unspecified atom stereocenters. The number of nitrogens with zero attached hydrogens (tertiary/aromatic N) is 4. The molecular formula is C104H64N4S2. The van der Waals surface area contributed by atoms with Gasteiger partial charge in [-0.1, -0.05) is 249 Å². The van der Waals surface area contributed by atoms with Crippen LogP contribution in [0.1, 0.15) is 0 Å². The third kappa shape index (κ3) is 9.83. The van der Waals surface area contributed by atoms with Crippen LogP contribution in [0.2, 0.25) is 0 Å². The van der Waals surface area contributed by atoms with Crippen LogP contribution in [-0.2, 0) is 0 Å². The highest BCUT2D eigenvalue weighted by atomic mass is 32.1. The number of aromatic nitrogens is 4. The maximum Gasteiger partial charge on any atom is 0.0555 e. The molecular weight excluding hydrogens is 1370 g/mol. The van der Waals surface area contributed by atoms with Gasteiger partial charge in [0.25, 0.3) is 0 Å². The van der Waals surface area contributed by atoms with Crippen LogP contribution in [0.15, 0.2) is 388 Å². The van der Waals surface area contributed by atoms with E-state index in [1.165, 1.54) is 205 Å². The van der Waals surface area contributed by atoms with Crippen LogP contribution >= 0.6 is 22.7 Å². The lowest BCUT2D eigenvalue weighted by Gasteiger charge is -2.11. The van der Waals surface area contributed by atoms with Crippen molar-refractivity contribution in [1.29, 1.82) is 0 Å². The van der Waals surface area contributed by atoms with Gasteiger partial charge in [-0.3, -0.25) is 0 Å². The lowest BCUT2D eigenvalue weighted by Crippen LogP contribution is -1.94. The Balaban J connectivity index is 0.000000132. The van der Waals surface area contributed by atoms with Gasteiger partial charge in [-0.15, -0.1) is 22.7 Å². The van der Waals surface area contributed by atoms with Crippen molar-refractivity contribution in [1.82, 2.24) is 18.3 Å². The van der Waals surface area contributed by atoms with Gasteiger partial charge in [-0.25, -0.2) is 0 Å². The molecule has 0 saturated carbocycles. The molecule has 0 amide bonds. The van der Waals surface area contributed by atoms with E-state index in [0.29, 0.717) is 0 Å². The third-order valence-corrected chi connectivity index (χ3v) is 25.3. The summed E-state index contributed by atoms with van der Waals surface area (Å²) in [7, 11) is 0. The lowest BCUT2D eigenvalue weighted by atomic mass is 9.99. The number of thiophene rings is 2. The van der Waals surface area contributed by atoms with Crippen molar-refractivity contribution in [2.24, 2.45) is 0 Å². The largest absolute Gasteiger partial charge is 0.309 e. The minimum absolute atomic E-state index is 1.16. The van der Waals surface area contributed by atoms with Crippen LogP contribution in [0.5, 0.6) is 0 Å². The van der Waals surface area contributed by atoms with Gasteiger partial charge < -0.3 is 18.3 Å². The van der Waals surface area contributed by atoms with Crippen molar-refractivity contribution in [3.8, 4) is 67.3 Å².